The number of fused-ring (bicyclic) bond motifs is 1. The standard InChI is InChI=1S/C20H21N3O2/c24-19-6-3-12-23(19)18-9-7-17(8-10-18)21-20(25)22-13-11-15-4-1-2-5-16(15)14-22/h1-2,4-5,7-10H,3,6,11-14H2,(H,21,25). The van der Waals surface area contributed by atoms with Gasteiger partial charge in [-0.25, -0.2) is 4.79 Å². The Balaban J connectivity index is 1.40. The average molecular weight is 335 g/mol. The van der Waals surface area contributed by atoms with Crippen molar-refractivity contribution in [2.75, 3.05) is 23.3 Å². The van der Waals surface area contributed by atoms with Crippen molar-refractivity contribution in [3.05, 3.63) is 59.7 Å². The van der Waals surface area contributed by atoms with Crippen LogP contribution in [0.4, 0.5) is 16.2 Å². The van der Waals surface area contributed by atoms with E-state index in [9.17, 15) is 9.59 Å². The van der Waals surface area contributed by atoms with Gasteiger partial charge in [-0.2, -0.15) is 0 Å². The first-order valence-corrected chi connectivity index (χ1v) is 8.74. The lowest BCUT2D eigenvalue weighted by Crippen LogP contribution is -2.38. The maximum Gasteiger partial charge on any atom is 0.322 e. The van der Waals surface area contributed by atoms with E-state index in [1.54, 1.807) is 4.90 Å². The number of nitrogens with one attached hydrogen (secondary N) is 1. The van der Waals surface area contributed by atoms with Crippen molar-refractivity contribution >= 4 is 23.3 Å². The van der Waals surface area contributed by atoms with Crippen molar-refractivity contribution in [2.24, 2.45) is 0 Å². The lowest BCUT2D eigenvalue weighted by atomic mass is 10.0. The minimum Gasteiger partial charge on any atom is -0.320 e. The number of benzene rings is 2. The summed E-state index contributed by atoms with van der Waals surface area (Å²) in [4.78, 5) is 27.9. The summed E-state index contributed by atoms with van der Waals surface area (Å²) in [6.45, 7) is 2.14. The van der Waals surface area contributed by atoms with Crippen LogP contribution in [-0.2, 0) is 17.8 Å². The first-order valence-electron chi connectivity index (χ1n) is 8.74. The van der Waals surface area contributed by atoms with E-state index >= 15 is 0 Å². The van der Waals surface area contributed by atoms with Gasteiger partial charge in [-0.3, -0.25) is 4.79 Å². The molecule has 2 aromatic carbocycles. The SMILES string of the molecule is O=C(Nc1ccc(N2CCCC2=O)cc1)N1CCc2ccccc2C1. The molecule has 25 heavy (non-hydrogen) atoms. The Morgan fingerprint density at radius 3 is 2.40 bits per heavy atom. The summed E-state index contributed by atoms with van der Waals surface area (Å²) < 4.78 is 0. The van der Waals surface area contributed by atoms with Crippen LogP contribution in [-0.4, -0.2) is 29.9 Å². The molecule has 1 N–H and O–H groups in total. The quantitative estimate of drug-likeness (QED) is 0.914. The van der Waals surface area contributed by atoms with Crippen LogP contribution < -0.4 is 10.2 Å². The molecular formula is C20H21N3O2. The number of anilines is 2. The van der Waals surface area contributed by atoms with E-state index in [1.165, 1.54) is 11.1 Å². The first-order chi connectivity index (χ1) is 12.2. The number of amides is 3. The molecule has 3 amide bonds. The molecule has 1 saturated heterocycles. The van der Waals surface area contributed by atoms with Crippen molar-refractivity contribution in [3.8, 4) is 0 Å². The first kappa shape index (κ1) is 15.7. The van der Waals surface area contributed by atoms with Gasteiger partial charge in [-0.1, -0.05) is 24.3 Å². The minimum absolute atomic E-state index is 0.0838. The van der Waals surface area contributed by atoms with Gasteiger partial charge in [0.2, 0.25) is 5.91 Å². The molecule has 2 aromatic rings. The highest BCUT2D eigenvalue weighted by molar-refractivity contribution is 5.96. The fraction of sp³-hybridized carbons (Fsp3) is 0.300. The van der Waals surface area contributed by atoms with Gasteiger partial charge in [0.25, 0.3) is 0 Å². The lowest BCUT2D eigenvalue weighted by Gasteiger charge is -2.29. The molecule has 0 spiro atoms. The van der Waals surface area contributed by atoms with Crippen LogP contribution in [0.1, 0.15) is 24.0 Å². The van der Waals surface area contributed by atoms with E-state index in [1.807, 2.05) is 41.3 Å². The Bertz CT molecular complexity index is 801. The largest absolute Gasteiger partial charge is 0.322 e. The highest BCUT2D eigenvalue weighted by Gasteiger charge is 2.22. The smallest absolute Gasteiger partial charge is 0.320 e. The molecule has 0 atom stereocenters. The molecule has 1 fully saturated rings. The van der Waals surface area contributed by atoms with Crippen molar-refractivity contribution < 1.29 is 9.59 Å². The van der Waals surface area contributed by atoms with E-state index in [0.29, 0.717) is 13.0 Å². The normalized spacial score (nSPS) is 16.7. The van der Waals surface area contributed by atoms with Gasteiger partial charge in [0.15, 0.2) is 0 Å². The molecule has 128 valence electrons. The third kappa shape index (κ3) is 3.22. The average Bonchev–Trinajstić information content (AvgIpc) is 3.08. The Kier molecular flexibility index (Phi) is 4.14. The van der Waals surface area contributed by atoms with E-state index in [-0.39, 0.29) is 11.9 Å². The Morgan fingerprint density at radius 2 is 1.68 bits per heavy atom. The van der Waals surface area contributed by atoms with Gasteiger partial charge in [0.1, 0.15) is 0 Å². The monoisotopic (exact) mass is 335 g/mol. The summed E-state index contributed by atoms with van der Waals surface area (Å²) in [7, 11) is 0. The summed E-state index contributed by atoms with van der Waals surface area (Å²) in [6.07, 6.45) is 2.42. The fourth-order valence-electron chi connectivity index (χ4n) is 3.52. The molecule has 4 rings (SSSR count). The van der Waals surface area contributed by atoms with Crippen molar-refractivity contribution in [1.82, 2.24) is 4.90 Å². The Labute approximate surface area is 147 Å². The second-order valence-corrected chi connectivity index (χ2v) is 6.57. The van der Waals surface area contributed by atoms with Crippen LogP contribution in [0.2, 0.25) is 0 Å². The van der Waals surface area contributed by atoms with Gasteiger partial charge in [0, 0.05) is 37.4 Å². The summed E-state index contributed by atoms with van der Waals surface area (Å²) in [5.74, 6) is 0.170. The number of nitrogens with zero attached hydrogens (tertiary/aromatic N) is 2. The van der Waals surface area contributed by atoms with Crippen LogP contribution in [0.25, 0.3) is 0 Å². The van der Waals surface area contributed by atoms with Crippen molar-refractivity contribution in [1.29, 1.82) is 0 Å². The number of hydrogen-bond donors (Lipinski definition) is 1. The topological polar surface area (TPSA) is 52.7 Å². The number of carbonyl (C=O) groups excluding carboxylic acids is 2. The predicted molar refractivity (Wildman–Crippen MR) is 97.6 cm³/mol. The highest BCUT2D eigenvalue weighted by atomic mass is 16.2. The van der Waals surface area contributed by atoms with Gasteiger partial charge in [-0.05, 0) is 48.2 Å². The molecule has 2 aliphatic rings. The van der Waals surface area contributed by atoms with Gasteiger partial charge >= 0.3 is 6.03 Å². The Morgan fingerprint density at radius 1 is 0.920 bits per heavy atom. The molecule has 5 heteroatoms. The molecule has 0 aromatic heterocycles. The van der Waals surface area contributed by atoms with E-state index in [0.717, 1.165) is 37.3 Å². The van der Waals surface area contributed by atoms with Crippen molar-refractivity contribution in [2.45, 2.75) is 25.8 Å². The summed E-state index contributed by atoms with van der Waals surface area (Å²) >= 11 is 0. The van der Waals surface area contributed by atoms with E-state index in [2.05, 4.69) is 17.4 Å². The molecule has 0 bridgehead atoms. The van der Waals surface area contributed by atoms with Crippen molar-refractivity contribution in [3.63, 3.8) is 0 Å². The molecule has 2 heterocycles. The molecule has 0 radical (unpaired) electrons. The van der Waals surface area contributed by atoms with Crippen LogP contribution in [0.15, 0.2) is 48.5 Å². The second kappa shape index (κ2) is 6.59. The zero-order valence-corrected chi connectivity index (χ0v) is 14.1. The third-order valence-corrected chi connectivity index (χ3v) is 4.92. The molecule has 0 unspecified atom stereocenters. The van der Waals surface area contributed by atoms with Crippen LogP contribution in [0, 0.1) is 0 Å². The van der Waals surface area contributed by atoms with Crippen LogP contribution in [0.5, 0.6) is 0 Å². The van der Waals surface area contributed by atoms with Gasteiger partial charge in [0.05, 0.1) is 0 Å². The number of carbonyl (C=O) groups is 2. The van der Waals surface area contributed by atoms with E-state index < -0.39 is 0 Å². The molecule has 5 nitrogen and oxygen atoms in total. The zero-order valence-electron chi connectivity index (χ0n) is 14.1. The predicted octanol–water partition coefficient (Wildman–Crippen LogP) is 3.40. The lowest BCUT2D eigenvalue weighted by molar-refractivity contribution is -0.117. The zero-order chi connectivity index (χ0) is 17.2. The van der Waals surface area contributed by atoms with E-state index in [4.69, 9.17) is 0 Å². The molecule has 2 aliphatic heterocycles. The number of urea groups is 1. The van der Waals surface area contributed by atoms with Gasteiger partial charge in [-0.15, -0.1) is 0 Å². The Hall–Kier alpha value is -2.82. The maximum atomic E-state index is 12.5. The highest BCUT2D eigenvalue weighted by Crippen LogP contribution is 2.24. The summed E-state index contributed by atoms with van der Waals surface area (Å²) in [5, 5.41) is 2.95. The molecule has 0 aliphatic carbocycles. The number of rotatable bonds is 2. The maximum absolute atomic E-state index is 12.5. The minimum atomic E-state index is -0.0838. The molecule has 0 saturated carbocycles. The summed E-state index contributed by atoms with van der Waals surface area (Å²) in [6, 6.07) is 15.7. The van der Waals surface area contributed by atoms with Crippen LogP contribution >= 0.6 is 0 Å². The fourth-order valence-corrected chi connectivity index (χ4v) is 3.52. The van der Waals surface area contributed by atoms with Gasteiger partial charge < -0.3 is 15.1 Å². The number of hydrogen-bond acceptors (Lipinski definition) is 2. The second-order valence-electron chi connectivity index (χ2n) is 6.57. The molecular weight excluding hydrogens is 314 g/mol. The van der Waals surface area contributed by atoms with Crippen LogP contribution in [0.3, 0.4) is 0 Å². The summed E-state index contributed by atoms with van der Waals surface area (Å²) in [5.41, 5.74) is 4.18. The third-order valence-electron chi connectivity index (χ3n) is 4.92.